The van der Waals surface area contributed by atoms with E-state index in [-0.39, 0.29) is 28.7 Å². The lowest BCUT2D eigenvalue weighted by atomic mass is 10.0. The number of aliphatic hydroxyl groups is 1. The molecule has 1 heterocycles. The summed E-state index contributed by atoms with van der Waals surface area (Å²) in [5.74, 6) is -0.0259. The molecule has 1 N–H and O–H groups in total. The molecule has 0 fully saturated rings. The first-order valence-corrected chi connectivity index (χ1v) is 12.1. The molecule has 0 radical (unpaired) electrons. The molecule has 2 aromatic rings. The zero-order valence-corrected chi connectivity index (χ0v) is 19.4. The van der Waals surface area contributed by atoms with Gasteiger partial charge < -0.3 is 19.6 Å². The number of aliphatic hydroxyl groups excluding tert-OH is 1. The molecule has 31 heavy (non-hydrogen) atoms. The van der Waals surface area contributed by atoms with E-state index >= 15 is 0 Å². The van der Waals surface area contributed by atoms with E-state index in [1.165, 1.54) is 6.92 Å². The Bertz CT molecular complexity index is 1050. The molecule has 0 spiro atoms. The van der Waals surface area contributed by atoms with Crippen LogP contribution in [0.25, 0.3) is 11.1 Å². The number of nitrogens with zero attached hydrogens (tertiary/aromatic N) is 2. The largest absolute Gasteiger partial charge is 0.351 e. The molecule has 0 saturated heterocycles. The first-order valence-electron chi connectivity index (χ1n) is 10.4. The van der Waals surface area contributed by atoms with Crippen molar-refractivity contribution in [2.75, 3.05) is 22.1 Å². The highest BCUT2D eigenvalue weighted by molar-refractivity contribution is 7.91. The van der Waals surface area contributed by atoms with Crippen LogP contribution < -0.4 is 9.80 Å². The summed E-state index contributed by atoms with van der Waals surface area (Å²) < 4.78 is 29.8. The number of rotatable bonds is 6. The zero-order chi connectivity index (χ0) is 22.9. The summed E-state index contributed by atoms with van der Waals surface area (Å²) in [6.45, 7) is 9.19. The van der Waals surface area contributed by atoms with Crippen LogP contribution in [-0.2, 0) is 19.4 Å². The van der Waals surface area contributed by atoms with Gasteiger partial charge in [0.25, 0.3) is 0 Å². The second kappa shape index (κ2) is 8.98. The molecule has 1 aliphatic rings. The summed E-state index contributed by atoms with van der Waals surface area (Å²) in [5, 5.41) is 10.7. The summed E-state index contributed by atoms with van der Waals surface area (Å²) in [7, 11) is -3.27. The minimum absolute atomic E-state index is 0.0486. The van der Waals surface area contributed by atoms with E-state index in [0.29, 0.717) is 17.9 Å². The van der Waals surface area contributed by atoms with Gasteiger partial charge in [-0.25, -0.2) is 8.42 Å². The van der Waals surface area contributed by atoms with E-state index in [4.69, 9.17) is 4.74 Å². The lowest BCUT2D eigenvalue weighted by molar-refractivity contribution is -0.127. The molecule has 0 saturated carbocycles. The number of ether oxygens (including phenoxy) is 1. The van der Waals surface area contributed by atoms with Crippen LogP contribution >= 0.6 is 0 Å². The maximum atomic E-state index is 12.3. The molecule has 2 atom stereocenters. The summed E-state index contributed by atoms with van der Waals surface area (Å²) in [4.78, 5) is 16.1. The van der Waals surface area contributed by atoms with Crippen molar-refractivity contribution in [1.29, 1.82) is 0 Å². The molecule has 1 amide bonds. The number of sulfone groups is 1. The molecular weight excluding hydrogens is 416 g/mol. The Morgan fingerprint density at radius 1 is 1.13 bits per heavy atom. The van der Waals surface area contributed by atoms with Crippen molar-refractivity contribution in [3.63, 3.8) is 0 Å². The van der Waals surface area contributed by atoms with E-state index in [1.807, 2.05) is 39.0 Å². The van der Waals surface area contributed by atoms with Crippen LogP contribution in [0.2, 0.25) is 0 Å². The van der Waals surface area contributed by atoms with Crippen LogP contribution in [0.15, 0.2) is 47.4 Å². The summed E-state index contributed by atoms with van der Waals surface area (Å²) in [6.07, 6.45) is -1.32. The molecule has 3 rings (SSSR count). The van der Waals surface area contributed by atoms with Gasteiger partial charge in [-0.05, 0) is 56.2 Å². The lowest BCUT2D eigenvalue weighted by Crippen LogP contribution is -2.53. The lowest BCUT2D eigenvalue weighted by Gasteiger charge is -2.43. The summed E-state index contributed by atoms with van der Waals surface area (Å²) in [6, 6.07) is 12.2. The van der Waals surface area contributed by atoms with E-state index < -0.39 is 16.3 Å². The number of fused-ring (bicyclic) bond motifs is 1. The smallest absolute Gasteiger partial charge is 0.238 e. The highest BCUT2D eigenvalue weighted by atomic mass is 32.2. The van der Waals surface area contributed by atoms with Gasteiger partial charge in [-0.2, -0.15) is 0 Å². The van der Waals surface area contributed by atoms with E-state index in [0.717, 1.165) is 11.1 Å². The molecule has 168 valence electrons. The standard InChI is InChI=1S/C23H30N2O5S/c1-6-31(28,29)20-10-7-18(8-11-20)19-9-12-21-22(13-19)24(23(27)30-15(2)3)14-16(4)25(21)17(5)26/h7-13,15-16,23,27H,6,14H2,1-5H3/t16-,23?/m0/s1. The van der Waals surface area contributed by atoms with Crippen LogP contribution in [0, 0.1) is 0 Å². The molecule has 2 aromatic carbocycles. The van der Waals surface area contributed by atoms with Gasteiger partial charge in [0.15, 0.2) is 9.84 Å². The number of amides is 1. The molecule has 1 unspecified atom stereocenters. The number of benzene rings is 2. The van der Waals surface area contributed by atoms with Crippen LogP contribution in [0.1, 0.15) is 34.6 Å². The van der Waals surface area contributed by atoms with Crippen LogP contribution in [-0.4, -0.2) is 50.3 Å². The summed E-state index contributed by atoms with van der Waals surface area (Å²) >= 11 is 0. The predicted octanol–water partition coefficient (Wildman–Crippen LogP) is 3.41. The van der Waals surface area contributed by atoms with Gasteiger partial charge in [-0.15, -0.1) is 0 Å². The fraction of sp³-hybridized carbons (Fsp3) is 0.435. The molecule has 0 bridgehead atoms. The first kappa shape index (κ1) is 23.2. The fourth-order valence-electron chi connectivity index (χ4n) is 3.87. The third-order valence-corrected chi connectivity index (χ3v) is 7.12. The Balaban J connectivity index is 2.06. The topological polar surface area (TPSA) is 87.2 Å². The second-order valence-electron chi connectivity index (χ2n) is 8.03. The Morgan fingerprint density at radius 3 is 2.29 bits per heavy atom. The zero-order valence-electron chi connectivity index (χ0n) is 18.6. The Hall–Kier alpha value is -2.42. The second-order valence-corrected chi connectivity index (χ2v) is 10.3. The molecule has 0 aliphatic carbocycles. The van der Waals surface area contributed by atoms with Gasteiger partial charge >= 0.3 is 0 Å². The number of carbonyl (C=O) groups is 1. The maximum Gasteiger partial charge on any atom is 0.238 e. The number of hydrogen-bond donors (Lipinski definition) is 1. The average molecular weight is 447 g/mol. The van der Waals surface area contributed by atoms with Crippen LogP contribution in [0.5, 0.6) is 0 Å². The maximum absolute atomic E-state index is 12.3. The van der Waals surface area contributed by atoms with E-state index in [1.54, 1.807) is 41.0 Å². The van der Waals surface area contributed by atoms with Crippen molar-refractivity contribution < 1.29 is 23.1 Å². The molecule has 8 heteroatoms. The van der Waals surface area contributed by atoms with Gasteiger partial charge in [0.05, 0.1) is 34.2 Å². The van der Waals surface area contributed by atoms with Crippen molar-refractivity contribution >= 4 is 27.1 Å². The van der Waals surface area contributed by atoms with Gasteiger partial charge in [0, 0.05) is 13.5 Å². The van der Waals surface area contributed by atoms with Gasteiger partial charge in [0.1, 0.15) is 0 Å². The predicted molar refractivity (Wildman–Crippen MR) is 122 cm³/mol. The van der Waals surface area contributed by atoms with Crippen molar-refractivity contribution in [2.45, 2.75) is 58.1 Å². The van der Waals surface area contributed by atoms with Crippen molar-refractivity contribution in [3.8, 4) is 11.1 Å². The Morgan fingerprint density at radius 2 is 1.74 bits per heavy atom. The molecule has 0 aromatic heterocycles. The van der Waals surface area contributed by atoms with Crippen molar-refractivity contribution in [1.82, 2.24) is 0 Å². The third-order valence-electron chi connectivity index (χ3n) is 5.37. The number of carbonyl (C=O) groups excluding carboxylic acids is 1. The van der Waals surface area contributed by atoms with E-state index in [2.05, 4.69) is 0 Å². The van der Waals surface area contributed by atoms with Crippen molar-refractivity contribution in [3.05, 3.63) is 42.5 Å². The number of anilines is 2. The average Bonchev–Trinajstić information content (AvgIpc) is 2.72. The number of hydrogen-bond acceptors (Lipinski definition) is 6. The van der Waals surface area contributed by atoms with Crippen molar-refractivity contribution in [2.24, 2.45) is 0 Å². The molecule has 7 nitrogen and oxygen atoms in total. The summed E-state index contributed by atoms with van der Waals surface area (Å²) in [5.41, 5.74) is 3.07. The highest BCUT2D eigenvalue weighted by Gasteiger charge is 2.34. The minimum Gasteiger partial charge on any atom is -0.351 e. The first-order chi connectivity index (χ1) is 14.5. The van der Waals surface area contributed by atoms with Crippen LogP contribution in [0.4, 0.5) is 11.4 Å². The molecular formula is C23H30N2O5S. The van der Waals surface area contributed by atoms with E-state index in [9.17, 15) is 18.3 Å². The molecule has 1 aliphatic heterocycles. The van der Waals surface area contributed by atoms with Gasteiger partial charge in [0.2, 0.25) is 12.3 Å². The SMILES string of the molecule is CCS(=O)(=O)c1ccc(-c2ccc3c(c2)N(C(O)OC(C)C)C[C@H](C)N3C(C)=O)cc1. The Kier molecular flexibility index (Phi) is 6.73. The normalized spacial score (nSPS) is 17.6. The fourth-order valence-corrected chi connectivity index (χ4v) is 4.75. The quantitative estimate of drug-likeness (QED) is 0.685. The van der Waals surface area contributed by atoms with Gasteiger partial charge in [-0.1, -0.05) is 25.1 Å². The Labute approximate surface area is 184 Å². The monoisotopic (exact) mass is 446 g/mol. The third kappa shape index (κ3) is 4.76. The van der Waals surface area contributed by atoms with Crippen LogP contribution in [0.3, 0.4) is 0 Å². The van der Waals surface area contributed by atoms with Gasteiger partial charge in [-0.3, -0.25) is 4.79 Å². The minimum atomic E-state index is -3.27. The highest BCUT2D eigenvalue weighted by Crippen LogP contribution is 2.40.